The molecule has 1 aromatic carbocycles. The zero-order valence-corrected chi connectivity index (χ0v) is 19.8. The van der Waals surface area contributed by atoms with E-state index in [1.165, 1.54) is 31.4 Å². The van der Waals surface area contributed by atoms with Crippen molar-refractivity contribution in [2.75, 3.05) is 20.3 Å². The standard InChI is InChI=1S/C26H33FO7/c1-18-6-10-21(11-7-18)34-25(29)16-19(2)26(30)33-15-5-4-14-32-24(28)13-9-20-8-12-23(31-3)22(27)17-20/h8-9,12-13,17-18,21H,2,4-7,10-11,14-16H2,1,3H3/b13-9+. The van der Waals surface area contributed by atoms with Gasteiger partial charge in [0.05, 0.1) is 26.7 Å². The molecule has 1 aromatic rings. The maximum absolute atomic E-state index is 13.6. The molecular weight excluding hydrogens is 443 g/mol. The molecule has 1 fully saturated rings. The minimum atomic E-state index is -0.638. The second kappa shape index (κ2) is 14.2. The van der Waals surface area contributed by atoms with E-state index in [0.29, 0.717) is 24.3 Å². The lowest BCUT2D eigenvalue weighted by molar-refractivity contribution is -0.152. The predicted octanol–water partition coefficient (Wildman–Crippen LogP) is 4.78. The van der Waals surface area contributed by atoms with Crippen LogP contribution in [0.3, 0.4) is 0 Å². The van der Waals surface area contributed by atoms with Crippen molar-refractivity contribution < 1.29 is 37.7 Å². The molecule has 2 rings (SSSR count). The van der Waals surface area contributed by atoms with Crippen molar-refractivity contribution >= 4 is 24.0 Å². The topological polar surface area (TPSA) is 88.1 Å². The number of rotatable bonds is 12. The summed E-state index contributed by atoms with van der Waals surface area (Å²) in [6.45, 7) is 6.06. The van der Waals surface area contributed by atoms with Crippen molar-refractivity contribution in [3.63, 3.8) is 0 Å². The fourth-order valence-electron chi connectivity index (χ4n) is 3.46. The Kier molecular flexibility index (Phi) is 11.3. The van der Waals surface area contributed by atoms with E-state index in [0.717, 1.165) is 25.7 Å². The van der Waals surface area contributed by atoms with Gasteiger partial charge in [-0.25, -0.2) is 14.0 Å². The Morgan fingerprint density at radius 1 is 1.09 bits per heavy atom. The highest BCUT2D eigenvalue weighted by Crippen LogP contribution is 2.26. The molecule has 7 nitrogen and oxygen atoms in total. The molecular formula is C26H33FO7. The number of halogens is 1. The van der Waals surface area contributed by atoms with Gasteiger partial charge in [-0.2, -0.15) is 0 Å². The predicted molar refractivity (Wildman–Crippen MR) is 124 cm³/mol. The van der Waals surface area contributed by atoms with Crippen molar-refractivity contribution in [2.45, 2.75) is 58.0 Å². The van der Waals surface area contributed by atoms with E-state index in [-0.39, 0.29) is 37.1 Å². The van der Waals surface area contributed by atoms with Crippen LogP contribution in [0.2, 0.25) is 0 Å². The normalized spacial score (nSPS) is 17.7. The van der Waals surface area contributed by atoms with Gasteiger partial charge < -0.3 is 18.9 Å². The van der Waals surface area contributed by atoms with E-state index in [9.17, 15) is 18.8 Å². The van der Waals surface area contributed by atoms with E-state index in [1.807, 2.05) is 0 Å². The monoisotopic (exact) mass is 476 g/mol. The summed E-state index contributed by atoms with van der Waals surface area (Å²) in [5.74, 6) is -1.40. The van der Waals surface area contributed by atoms with Gasteiger partial charge in [0, 0.05) is 11.6 Å². The molecule has 0 aromatic heterocycles. The van der Waals surface area contributed by atoms with Crippen LogP contribution in [-0.2, 0) is 28.6 Å². The molecule has 8 heteroatoms. The first-order valence-corrected chi connectivity index (χ1v) is 11.5. The van der Waals surface area contributed by atoms with Crippen LogP contribution >= 0.6 is 0 Å². The molecule has 0 bridgehead atoms. The van der Waals surface area contributed by atoms with Crippen molar-refractivity contribution in [1.29, 1.82) is 0 Å². The lowest BCUT2D eigenvalue weighted by atomic mass is 9.89. The second-order valence-corrected chi connectivity index (χ2v) is 8.39. The average molecular weight is 477 g/mol. The van der Waals surface area contributed by atoms with E-state index < -0.39 is 23.7 Å². The van der Waals surface area contributed by atoms with Crippen LogP contribution in [0, 0.1) is 11.7 Å². The quantitative estimate of drug-likeness (QED) is 0.186. The summed E-state index contributed by atoms with van der Waals surface area (Å²) < 4.78 is 34.1. The van der Waals surface area contributed by atoms with Crippen LogP contribution in [0.1, 0.15) is 57.4 Å². The first-order valence-electron chi connectivity index (χ1n) is 11.5. The molecule has 186 valence electrons. The highest BCUT2D eigenvalue weighted by molar-refractivity contribution is 5.93. The minimum absolute atomic E-state index is 0.0562. The number of hydrogen-bond acceptors (Lipinski definition) is 7. The summed E-state index contributed by atoms with van der Waals surface area (Å²) >= 11 is 0. The van der Waals surface area contributed by atoms with E-state index >= 15 is 0 Å². The van der Waals surface area contributed by atoms with Crippen LogP contribution in [0.15, 0.2) is 36.4 Å². The summed E-state index contributed by atoms with van der Waals surface area (Å²) in [6.07, 6.45) is 7.12. The van der Waals surface area contributed by atoms with Gasteiger partial charge in [-0.3, -0.25) is 4.79 Å². The molecule has 1 aliphatic rings. The zero-order valence-electron chi connectivity index (χ0n) is 19.8. The fraction of sp³-hybridized carbons (Fsp3) is 0.500. The molecule has 0 saturated heterocycles. The first-order chi connectivity index (χ1) is 16.3. The number of methoxy groups -OCH3 is 1. The van der Waals surface area contributed by atoms with Gasteiger partial charge >= 0.3 is 17.9 Å². The lowest BCUT2D eigenvalue weighted by Crippen LogP contribution is -2.24. The third-order valence-electron chi connectivity index (χ3n) is 5.51. The van der Waals surface area contributed by atoms with Crippen molar-refractivity contribution in [3.8, 4) is 5.75 Å². The van der Waals surface area contributed by atoms with Gasteiger partial charge in [-0.1, -0.05) is 19.6 Å². The van der Waals surface area contributed by atoms with Crippen molar-refractivity contribution in [2.24, 2.45) is 5.92 Å². The van der Waals surface area contributed by atoms with Crippen LogP contribution < -0.4 is 4.74 Å². The maximum Gasteiger partial charge on any atom is 0.333 e. The second-order valence-electron chi connectivity index (χ2n) is 8.39. The molecule has 0 heterocycles. The van der Waals surface area contributed by atoms with Crippen LogP contribution in [-0.4, -0.2) is 44.3 Å². The third-order valence-corrected chi connectivity index (χ3v) is 5.51. The summed E-state index contributed by atoms with van der Waals surface area (Å²) in [5.41, 5.74) is 0.556. The third kappa shape index (κ3) is 9.77. The maximum atomic E-state index is 13.6. The van der Waals surface area contributed by atoms with Gasteiger partial charge in [0.2, 0.25) is 0 Å². The van der Waals surface area contributed by atoms with Crippen LogP contribution in [0.5, 0.6) is 5.75 Å². The summed E-state index contributed by atoms with van der Waals surface area (Å²) in [7, 11) is 1.37. The molecule has 0 radical (unpaired) electrons. The molecule has 0 unspecified atom stereocenters. The van der Waals surface area contributed by atoms with E-state index in [1.54, 1.807) is 6.07 Å². The SMILES string of the molecule is C=C(CC(=O)OC1CCC(C)CC1)C(=O)OCCCCOC(=O)/C=C/c1ccc(OC)c(F)c1. The van der Waals surface area contributed by atoms with Gasteiger partial charge in [0.1, 0.15) is 6.10 Å². The van der Waals surface area contributed by atoms with Crippen molar-refractivity contribution in [3.05, 3.63) is 47.8 Å². The Morgan fingerprint density at radius 3 is 2.41 bits per heavy atom. The summed E-state index contributed by atoms with van der Waals surface area (Å²) in [4.78, 5) is 35.7. The molecule has 34 heavy (non-hydrogen) atoms. The van der Waals surface area contributed by atoms with Gasteiger partial charge in [0.25, 0.3) is 0 Å². The number of esters is 3. The first kappa shape index (κ1) is 27.1. The fourth-order valence-corrected chi connectivity index (χ4v) is 3.46. The van der Waals surface area contributed by atoms with E-state index in [4.69, 9.17) is 18.9 Å². The van der Waals surface area contributed by atoms with Crippen LogP contribution in [0.4, 0.5) is 4.39 Å². The molecule has 0 amide bonds. The molecule has 1 aliphatic carbocycles. The number of ether oxygens (including phenoxy) is 4. The van der Waals surface area contributed by atoms with Gasteiger partial charge in [-0.15, -0.1) is 0 Å². The number of carbonyl (C=O) groups excluding carboxylic acids is 3. The summed E-state index contributed by atoms with van der Waals surface area (Å²) in [6, 6.07) is 4.33. The van der Waals surface area contributed by atoms with E-state index in [2.05, 4.69) is 13.5 Å². The Hall–Kier alpha value is -3.16. The van der Waals surface area contributed by atoms with Crippen LogP contribution in [0.25, 0.3) is 6.08 Å². The van der Waals surface area contributed by atoms with Gasteiger partial charge in [-0.05, 0) is 68.2 Å². The highest BCUT2D eigenvalue weighted by atomic mass is 19.1. The number of carbonyl (C=O) groups is 3. The number of benzene rings is 1. The Morgan fingerprint density at radius 2 is 1.76 bits per heavy atom. The minimum Gasteiger partial charge on any atom is -0.494 e. The molecule has 0 N–H and O–H groups in total. The smallest absolute Gasteiger partial charge is 0.333 e. The lowest BCUT2D eigenvalue weighted by Gasteiger charge is -2.26. The zero-order chi connectivity index (χ0) is 24.9. The molecule has 1 saturated carbocycles. The Bertz CT molecular complexity index is 885. The average Bonchev–Trinajstić information content (AvgIpc) is 2.81. The molecule has 0 atom stereocenters. The largest absolute Gasteiger partial charge is 0.494 e. The Balaban J connectivity index is 1.55. The molecule has 0 spiro atoms. The summed E-state index contributed by atoms with van der Waals surface area (Å²) in [5, 5.41) is 0. The van der Waals surface area contributed by atoms with Crippen molar-refractivity contribution in [1.82, 2.24) is 0 Å². The van der Waals surface area contributed by atoms with Gasteiger partial charge in [0.15, 0.2) is 11.6 Å². The molecule has 0 aliphatic heterocycles. The Labute approximate surface area is 199 Å². The number of hydrogen-bond donors (Lipinski definition) is 0. The number of unbranched alkanes of at least 4 members (excludes halogenated alkanes) is 1. The highest BCUT2D eigenvalue weighted by Gasteiger charge is 2.23.